The molecule has 7 N–H and O–H groups in total. The number of amides is 4. The van der Waals surface area contributed by atoms with Gasteiger partial charge in [0.05, 0.1) is 50.5 Å². The summed E-state index contributed by atoms with van der Waals surface area (Å²) in [4.78, 5) is 75.2. The first-order valence-corrected chi connectivity index (χ1v) is 31.6. The van der Waals surface area contributed by atoms with Gasteiger partial charge in [-0.3, -0.25) is 19.2 Å². The van der Waals surface area contributed by atoms with E-state index in [2.05, 4.69) is 52.3 Å². The molecule has 26 heteroatoms. The van der Waals surface area contributed by atoms with Crippen molar-refractivity contribution in [3.8, 4) is 12.3 Å². The number of carbonyl (C=O) groups excluding carboxylic acids is 4. The van der Waals surface area contributed by atoms with Crippen LogP contribution in [-0.2, 0) is 39.8 Å². The molecule has 2 saturated heterocycles. The third-order valence-corrected chi connectivity index (χ3v) is 15.2. The van der Waals surface area contributed by atoms with E-state index < -0.39 is 18.2 Å². The molecule has 476 valence electrons. The number of unbranched alkanes of at least 4 members (excludes halogenated alkanes) is 15. The highest BCUT2D eigenvalue weighted by Gasteiger charge is 2.29. The highest BCUT2D eigenvalue weighted by molar-refractivity contribution is 5.81. The fraction of sp³-hybridized carbons (Fsp3) is 0.780. The number of carbonyl (C=O) groups is 4. The van der Waals surface area contributed by atoms with Gasteiger partial charge in [-0.15, -0.1) is 16.6 Å². The first-order valence-electron chi connectivity index (χ1n) is 31.6. The molecule has 2 aliphatic rings. The van der Waals surface area contributed by atoms with E-state index >= 15 is 0 Å². The van der Waals surface area contributed by atoms with Crippen molar-refractivity contribution in [2.45, 2.75) is 173 Å². The van der Waals surface area contributed by atoms with Gasteiger partial charge in [0, 0.05) is 110 Å². The molecule has 3 unspecified atom stereocenters. The van der Waals surface area contributed by atoms with Gasteiger partial charge < -0.3 is 65.7 Å². The Morgan fingerprint density at radius 1 is 0.624 bits per heavy atom. The fourth-order valence-corrected chi connectivity index (χ4v) is 10.3. The molecule has 3 aromatic heterocycles. The summed E-state index contributed by atoms with van der Waals surface area (Å²) < 4.78 is 19.6. The van der Waals surface area contributed by atoms with Crippen LogP contribution in [0.1, 0.15) is 165 Å². The van der Waals surface area contributed by atoms with Crippen molar-refractivity contribution < 1.29 is 43.6 Å². The maximum atomic E-state index is 13.4. The van der Waals surface area contributed by atoms with Gasteiger partial charge in [-0.05, 0) is 65.3 Å². The van der Waals surface area contributed by atoms with Crippen molar-refractivity contribution in [2.75, 3.05) is 140 Å². The van der Waals surface area contributed by atoms with Crippen molar-refractivity contribution in [1.29, 1.82) is 0 Å². The van der Waals surface area contributed by atoms with Crippen LogP contribution >= 0.6 is 0 Å². The SMILES string of the molecule is C#CCOCCOCCOCCNc1nc(N2CCN(C(=O)CCCCCCCCCCNC(=O)C(CCCCN)n3cc(CCO)nn3)CC2)nc(N2CCN(C(=O)CCCCCCCCCCNC(=O)C(C(C)O)n3cc(C)nn3)CC2)n1. The number of hydrogen-bond acceptors (Lipinski definition) is 20. The van der Waals surface area contributed by atoms with Gasteiger partial charge in [-0.2, -0.15) is 15.0 Å². The molecule has 0 radical (unpaired) electrons. The van der Waals surface area contributed by atoms with Crippen LogP contribution in [-0.4, -0.2) is 219 Å². The monoisotopic (exact) mass is 1190 g/mol. The fourth-order valence-electron chi connectivity index (χ4n) is 10.3. The minimum Gasteiger partial charge on any atom is -0.396 e. The maximum Gasteiger partial charge on any atom is 0.247 e. The lowest BCUT2D eigenvalue weighted by atomic mass is 10.1. The topological polar surface area (TPSA) is 312 Å². The number of aryl methyl sites for hydroxylation is 1. The van der Waals surface area contributed by atoms with Gasteiger partial charge in [-0.25, -0.2) is 9.36 Å². The molecule has 0 spiro atoms. The summed E-state index contributed by atoms with van der Waals surface area (Å²) in [6.07, 6.45) is 27.8. The third-order valence-electron chi connectivity index (χ3n) is 15.2. The number of nitrogens with zero attached hydrogens (tertiary/aromatic N) is 13. The molecule has 0 aliphatic carbocycles. The van der Waals surface area contributed by atoms with Crippen LogP contribution in [0.4, 0.5) is 17.8 Å². The Morgan fingerprint density at radius 2 is 1.13 bits per heavy atom. The summed E-state index contributed by atoms with van der Waals surface area (Å²) in [7, 11) is 0. The van der Waals surface area contributed by atoms with E-state index in [1.54, 1.807) is 30.9 Å². The second kappa shape index (κ2) is 41.9. The van der Waals surface area contributed by atoms with Gasteiger partial charge in [0.15, 0.2) is 6.04 Å². The number of terminal acetylenes is 1. The minimum absolute atomic E-state index is 0.0175. The van der Waals surface area contributed by atoms with E-state index in [-0.39, 0.29) is 36.8 Å². The number of rotatable bonds is 46. The van der Waals surface area contributed by atoms with E-state index in [0.717, 1.165) is 116 Å². The molecule has 2 aliphatic heterocycles. The average molecular weight is 1190 g/mol. The second-order valence-electron chi connectivity index (χ2n) is 22.1. The number of aromatic nitrogens is 9. The first-order chi connectivity index (χ1) is 41.5. The number of ether oxygens (including phenoxy) is 3. The quantitative estimate of drug-likeness (QED) is 0.0348. The molecule has 5 heterocycles. The Kier molecular flexibility index (Phi) is 34.3. The van der Waals surface area contributed by atoms with Crippen molar-refractivity contribution >= 4 is 41.5 Å². The zero-order valence-corrected chi connectivity index (χ0v) is 51.1. The molecule has 4 amide bonds. The van der Waals surface area contributed by atoms with Crippen molar-refractivity contribution in [3.63, 3.8) is 0 Å². The van der Waals surface area contributed by atoms with E-state index in [4.69, 9.17) is 41.3 Å². The predicted octanol–water partition coefficient (Wildman–Crippen LogP) is 3.54. The van der Waals surface area contributed by atoms with Crippen LogP contribution in [0.2, 0.25) is 0 Å². The lowest BCUT2D eigenvalue weighted by Gasteiger charge is -2.36. The van der Waals surface area contributed by atoms with Crippen LogP contribution in [0, 0.1) is 19.3 Å². The second-order valence-corrected chi connectivity index (χ2v) is 22.1. The van der Waals surface area contributed by atoms with Crippen molar-refractivity contribution in [3.05, 3.63) is 23.8 Å². The highest BCUT2D eigenvalue weighted by atomic mass is 16.5. The number of piperazine rings is 2. The largest absolute Gasteiger partial charge is 0.396 e. The molecular weight excluding hydrogens is 1090 g/mol. The lowest BCUT2D eigenvalue weighted by Crippen LogP contribution is -2.50. The average Bonchev–Trinajstić information content (AvgIpc) is 4.30. The number of aliphatic hydroxyl groups excluding tert-OH is 2. The van der Waals surface area contributed by atoms with Gasteiger partial charge in [0.25, 0.3) is 0 Å². The summed E-state index contributed by atoms with van der Waals surface area (Å²) in [5.41, 5.74) is 7.04. The molecule has 3 aromatic rings. The summed E-state index contributed by atoms with van der Waals surface area (Å²) in [6.45, 7) is 12.7. The van der Waals surface area contributed by atoms with E-state index in [1.807, 2.05) is 9.80 Å². The number of nitrogens with one attached hydrogen (secondary N) is 3. The summed E-state index contributed by atoms with van der Waals surface area (Å²) >= 11 is 0. The molecule has 0 bridgehead atoms. The zero-order chi connectivity index (χ0) is 60.7. The normalized spacial score (nSPS) is 14.7. The van der Waals surface area contributed by atoms with Gasteiger partial charge >= 0.3 is 0 Å². The van der Waals surface area contributed by atoms with Gasteiger partial charge in [-0.1, -0.05) is 93.4 Å². The maximum absolute atomic E-state index is 13.4. The van der Waals surface area contributed by atoms with Crippen LogP contribution in [0.5, 0.6) is 0 Å². The molecule has 26 nitrogen and oxygen atoms in total. The Labute approximate surface area is 503 Å². The zero-order valence-electron chi connectivity index (χ0n) is 51.1. The number of hydrogen-bond donors (Lipinski definition) is 6. The number of nitrogens with two attached hydrogens (primary N) is 1. The van der Waals surface area contributed by atoms with Crippen LogP contribution in [0.25, 0.3) is 0 Å². The van der Waals surface area contributed by atoms with E-state index in [1.165, 1.54) is 4.68 Å². The summed E-state index contributed by atoms with van der Waals surface area (Å²) in [5, 5.41) is 44.9. The number of anilines is 3. The predicted molar refractivity (Wildman–Crippen MR) is 325 cm³/mol. The standard InChI is InChI=1S/C59H101N17O9/c1-4-40-83-42-44-85-45-43-84-41-30-63-57-64-58(66-59(65-57)74-37-33-72(34-38-74)53(80)25-18-14-10-6-8-12-16-22-29-62-56(82)54(49(3)78)76-46-48(2)67-69-76)73-35-31-71(32-36-73)52(79)24-17-13-9-5-7-11-15-21-28-61-55(81)51(23-19-20-27-60)75-47-50(26-39-77)68-70-75/h1,46-47,49,51,54,77-78H,5-45,60H2,2-3H3,(H,61,81)(H,62,82)(H,63,64,65,66). The van der Waals surface area contributed by atoms with Crippen molar-refractivity contribution in [1.82, 2.24) is 65.4 Å². The molecule has 0 aromatic carbocycles. The van der Waals surface area contributed by atoms with Crippen LogP contribution in [0.15, 0.2) is 12.4 Å². The third kappa shape index (κ3) is 27.0. The van der Waals surface area contributed by atoms with Crippen molar-refractivity contribution in [2.24, 2.45) is 5.73 Å². The first kappa shape index (κ1) is 69.7. The minimum atomic E-state index is -0.890. The molecule has 85 heavy (non-hydrogen) atoms. The Bertz CT molecular complexity index is 2370. The Balaban J connectivity index is 0.957. The van der Waals surface area contributed by atoms with Gasteiger partial charge in [0.2, 0.25) is 41.5 Å². The van der Waals surface area contributed by atoms with Gasteiger partial charge in [0.1, 0.15) is 12.6 Å². The van der Waals surface area contributed by atoms with E-state index in [0.29, 0.717) is 166 Å². The Morgan fingerprint density at radius 3 is 1.64 bits per heavy atom. The highest BCUT2D eigenvalue weighted by Crippen LogP contribution is 2.22. The Hall–Kier alpha value is -6.11. The summed E-state index contributed by atoms with van der Waals surface area (Å²) in [5.74, 6) is 4.00. The van der Waals surface area contributed by atoms with Crippen LogP contribution in [0.3, 0.4) is 0 Å². The number of aliphatic hydroxyl groups is 2. The van der Waals surface area contributed by atoms with E-state index in [9.17, 15) is 29.4 Å². The molecule has 0 saturated carbocycles. The molecule has 3 atom stereocenters. The molecular formula is C59H101N17O9. The molecule has 2 fully saturated rings. The smallest absolute Gasteiger partial charge is 0.247 e. The lowest BCUT2D eigenvalue weighted by molar-refractivity contribution is -0.132. The molecule has 5 rings (SSSR count). The van der Waals surface area contributed by atoms with Crippen LogP contribution < -0.4 is 31.5 Å². The summed E-state index contributed by atoms with van der Waals surface area (Å²) in [6, 6.07) is -1.25.